The van der Waals surface area contributed by atoms with Crippen LogP contribution in [0.5, 0.6) is 0 Å². The molecule has 1 aliphatic rings. The zero-order valence-electron chi connectivity index (χ0n) is 11.1. The predicted octanol–water partition coefficient (Wildman–Crippen LogP) is 1.94. The molecule has 1 saturated heterocycles. The summed E-state index contributed by atoms with van der Waals surface area (Å²) >= 11 is 1.71. The molecule has 1 atom stereocenters. The van der Waals surface area contributed by atoms with Crippen molar-refractivity contribution in [1.29, 1.82) is 0 Å². The molecule has 0 aliphatic carbocycles. The molecular weight excluding hydrogens is 288 g/mol. The summed E-state index contributed by atoms with van der Waals surface area (Å²) in [4.78, 5) is 11.6. The number of hydrogen-bond acceptors (Lipinski definition) is 5. The SMILES string of the molecule is CCC(=O)CC(CCCS(=O)(=O)O)[C+]1COCCS1. The van der Waals surface area contributed by atoms with E-state index < -0.39 is 10.1 Å². The van der Waals surface area contributed by atoms with E-state index in [4.69, 9.17) is 9.29 Å². The number of carbonyl (C=O) groups is 1. The number of carbonyl (C=O) groups excluding carboxylic acids is 1. The highest BCUT2D eigenvalue weighted by molar-refractivity contribution is 8.02. The van der Waals surface area contributed by atoms with Crippen LogP contribution < -0.4 is 0 Å². The van der Waals surface area contributed by atoms with Crippen LogP contribution in [0.25, 0.3) is 0 Å². The highest BCUT2D eigenvalue weighted by atomic mass is 32.2. The second-order valence-electron chi connectivity index (χ2n) is 4.59. The second-order valence-corrected chi connectivity index (χ2v) is 7.38. The summed E-state index contributed by atoms with van der Waals surface area (Å²) in [5, 5.41) is 1.13. The Hall–Kier alpha value is -0.240. The lowest BCUT2D eigenvalue weighted by Gasteiger charge is -2.19. The first-order valence-electron chi connectivity index (χ1n) is 6.45. The van der Waals surface area contributed by atoms with E-state index in [1.165, 1.54) is 0 Å². The summed E-state index contributed by atoms with van der Waals surface area (Å²) in [6.07, 6.45) is 1.89. The fourth-order valence-electron chi connectivity index (χ4n) is 1.99. The van der Waals surface area contributed by atoms with Gasteiger partial charge in [0.25, 0.3) is 10.1 Å². The molecule has 1 fully saturated rings. The molecule has 1 aliphatic heterocycles. The van der Waals surface area contributed by atoms with Gasteiger partial charge in [0.2, 0.25) is 6.61 Å². The van der Waals surface area contributed by atoms with Crippen molar-refractivity contribution >= 4 is 27.7 Å². The second kappa shape index (κ2) is 8.14. The first-order valence-corrected chi connectivity index (χ1v) is 9.05. The molecule has 1 N–H and O–H groups in total. The van der Waals surface area contributed by atoms with Gasteiger partial charge in [-0.1, -0.05) is 6.92 Å². The number of rotatable bonds is 8. The molecule has 110 valence electrons. The molecule has 1 unspecified atom stereocenters. The molecular formula is C12H21O5S2+. The van der Waals surface area contributed by atoms with Crippen LogP contribution in [0.1, 0.15) is 32.6 Å². The monoisotopic (exact) mass is 309 g/mol. The quantitative estimate of drug-likeness (QED) is 0.545. The van der Waals surface area contributed by atoms with E-state index >= 15 is 0 Å². The lowest BCUT2D eigenvalue weighted by molar-refractivity contribution is -0.119. The molecule has 7 heteroatoms. The minimum Gasteiger partial charge on any atom is -0.338 e. The average molecular weight is 309 g/mol. The molecule has 1 rings (SSSR count). The summed E-state index contributed by atoms with van der Waals surface area (Å²) in [5.41, 5.74) is 0. The van der Waals surface area contributed by atoms with Gasteiger partial charge in [0.05, 0.1) is 36.3 Å². The third kappa shape index (κ3) is 7.20. The van der Waals surface area contributed by atoms with Crippen LogP contribution in [0.15, 0.2) is 0 Å². The standard InChI is InChI=1S/C12H20O5S2/c1-2-11(13)8-10(4-3-7-19(14,15)16)12-9-17-5-6-18-12/h10H,2-9H2,1H3/p+1. The summed E-state index contributed by atoms with van der Waals surface area (Å²) < 4.78 is 35.6. The van der Waals surface area contributed by atoms with Crippen molar-refractivity contribution in [3.8, 4) is 0 Å². The maximum Gasteiger partial charge on any atom is 0.264 e. The smallest absolute Gasteiger partial charge is 0.264 e. The predicted molar refractivity (Wildman–Crippen MR) is 75.6 cm³/mol. The zero-order valence-corrected chi connectivity index (χ0v) is 12.8. The Morgan fingerprint density at radius 1 is 1.53 bits per heavy atom. The number of ether oxygens (including phenoxy) is 1. The van der Waals surface area contributed by atoms with Crippen molar-refractivity contribution in [1.82, 2.24) is 0 Å². The van der Waals surface area contributed by atoms with Gasteiger partial charge in [0.15, 0.2) is 5.25 Å². The zero-order chi connectivity index (χ0) is 14.3. The average Bonchev–Trinajstić information content (AvgIpc) is 2.37. The Morgan fingerprint density at radius 2 is 2.26 bits per heavy atom. The summed E-state index contributed by atoms with van der Waals surface area (Å²) in [6, 6.07) is 0. The minimum absolute atomic E-state index is 0.0551. The van der Waals surface area contributed by atoms with Crippen LogP contribution in [0.2, 0.25) is 0 Å². The Balaban J connectivity index is 2.50. The van der Waals surface area contributed by atoms with Crippen LogP contribution >= 0.6 is 11.8 Å². The minimum atomic E-state index is -3.92. The molecule has 19 heavy (non-hydrogen) atoms. The first-order chi connectivity index (χ1) is 8.92. The first kappa shape index (κ1) is 16.8. The van der Waals surface area contributed by atoms with Crippen molar-refractivity contribution in [3.05, 3.63) is 5.25 Å². The third-order valence-electron chi connectivity index (χ3n) is 3.04. The molecule has 0 aromatic heterocycles. The largest absolute Gasteiger partial charge is 0.338 e. The van der Waals surface area contributed by atoms with Crippen molar-refractivity contribution in [3.63, 3.8) is 0 Å². The van der Waals surface area contributed by atoms with Crippen LogP contribution in [0.3, 0.4) is 0 Å². The lowest BCUT2D eigenvalue weighted by atomic mass is 9.93. The number of Topliss-reactive ketones (excluding diaryl/α,β-unsaturated/α-hetero) is 1. The molecule has 0 radical (unpaired) electrons. The van der Waals surface area contributed by atoms with Crippen LogP contribution in [-0.2, 0) is 19.6 Å². The van der Waals surface area contributed by atoms with Gasteiger partial charge in [-0.25, -0.2) is 0 Å². The fraction of sp³-hybridized carbons (Fsp3) is 0.833. The number of hydrogen-bond donors (Lipinski definition) is 1. The highest BCUT2D eigenvalue weighted by Crippen LogP contribution is 2.36. The van der Waals surface area contributed by atoms with E-state index in [0.29, 0.717) is 38.9 Å². The molecule has 0 bridgehead atoms. The van der Waals surface area contributed by atoms with Gasteiger partial charge in [-0.05, 0) is 12.8 Å². The number of ketones is 1. The summed E-state index contributed by atoms with van der Waals surface area (Å²) in [5.74, 6) is 0.864. The van der Waals surface area contributed by atoms with E-state index in [2.05, 4.69) is 0 Å². The van der Waals surface area contributed by atoms with Crippen LogP contribution in [0.4, 0.5) is 0 Å². The van der Waals surface area contributed by atoms with Crippen molar-refractivity contribution in [2.45, 2.75) is 32.6 Å². The topological polar surface area (TPSA) is 80.7 Å². The highest BCUT2D eigenvalue weighted by Gasteiger charge is 2.37. The van der Waals surface area contributed by atoms with Crippen molar-refractivity contribution < 1.29 is 22.5 Å². The van der Waals surface area contributed by atoms with Crippen molar-refractivity contribution in [2.24, 2.45) is 5.92 Å². The Bertz CT molecular complexity index is 374. The molecule has 0 amide bonds. The lowest BCUT2D eigenvalue weighted by Crippen LogP contribution is -2.24. The van der Waals surface area contributed by atoms with E-state index in [0.717, 1.165) is 11.0 Å². The van der Waals surface area contributed by atoms with E-state index in [9.17, 15) is 13.2 Å². The maximum absolute atomic E-state index is 11.6. The molecule has 1 heterocycles. The third-order valence-corrected chi connectivity index (χ3v) is 5.04. The van der Waals surface area contributed by atoms with E-state index in [-0.39, 0.29) is 17.5 Å². The van der Waals surface area contributed by atoms with Crippen LogP contribution in [-0.4, -0.2) is 43.5 Å². The summed E-state index contributed by atoms with van der Waals surface area (Å²) in [7, 11) is -3.92. The Morgan fingerprint density at radius 3 is 2.79 bits per heavy atom. The van der Waals surface area contributed by atoms with Gasteiger partial charge in [-0.15, -0.1) is 0 Å². The molecule has 0 aromatic rings. The van der Waals surface area contributed by atoms with Gasteiger partial charge in [0, 0.05) is 6.42 Å². The number of thioether (sulfide) groups is 1. The van der Waals surface area contributed by atoms with E-state index in [1.807, 2.05) is 6.92 Å². The van der Waals surface area contributed by atoms with Gasteiger partial charge >= 0.3 is 0 Å². The molecule has 0 aromatic carbocycles. The van der Waals surface area contributed by atoms with Gasteiger partial charge < -0.3 is 4.74 Å². The fourth-order valence-corrected chi connectivity index (χ4v) is 3.59. The van der Waals surface area contributed by atoms with E-state index in [1.54, 1.807) is 11.8 Å². The van der Waals surface area contributed by atoms with Crippen molar-refractivity contribution in [2.75, 3.05) is 24.7 Å². The molecule has 0 spiro atoms. The molecule has 5 nitrogen and oxygen atoms in total. The van der Waals surface area contributed by atoms with Gasteiger partial charge in [-0.3, -0.25) is 9.35 Å². The van der Waals surface area contributed by atoms with Crippen LogP contribution in [0, 0.1) is 11.2 Å². The normalized spacial score (nSPS) is 18.3. The van der Waals surface area contributed by atoms with Gasteiger partial charge in [-0.2, -0.15) is 8.42 Å². The summed E-state index contributed by atoms with van der Waals surface area (Å²) in [6.45, 7) is 3.08. The maximum atomic E-state index is 11.6. The Labute approximate surface area is 119 Å². The molecule has 0 saturated carbocycles. The Kier molecular flexibility index (Phi) is 7.20. The van der Waals surface area contributed by atoms with Gasteiger partial charge in [0.1, 0.15) is 11.7 Å².